The molecule has 0 aromatic heterocycles. The van der Waals surface area contributed by atoms with Gasteiger partial charge in [-0.1, -0.05) is 24.8 Å². The Morgan fingerprint density at radius 1 is 1.21 bits per heavy atom. The maximum Gasteiger partial charge on any atom is 0.248 e. The van der Waals surface area contributed by atoms with Gasteiger partial charge in [-0.05, 0) is 60.9 Å². The number of carbonyl (C=O) groups is 1. The molecule has 0 saturated heterocycles. The van der Waals surface area contributed by atoms with E-state index >= 15 is 0 Å². The molecular formula is C20H22N2O2. The second-order valence-corrected chi connectivity index (χ2v) is 5.52. The van der Waals surface area contributed by atoms with Gasteiger partial charge in [-0.15, -0.1) is 0 Å². The van der Waals surface area contributed by atoms with Crippen LogP contribution in [0.5, 0.6) is 5.75 Å². The maximum atomic E-state index is 12.0. The fraction of sp³-hybridized carbons (Fsp3) is 0.150. The van der Waals surface area contributed by atoms with Crippen LogP contribution < -0.4 is 15.8 Å². The van der Waals surface area contributed by atoms with Crippen LogP contribution >= 0.6 is 0 Å². The average molecular weight is 322 g/mol. The van der Waals surface area contributed by atoms with E-state index in [9.17, 15) is 4.79 Å². The maximum absolute atomic E-state index is 12.0. The zero-order valence-corrected chi connectivity index (χ0v) is 14.0. The second-order valence-electron chi connectivity index (χ2n) is 5.52. The summed E-state index contributed by atoms with van der Waals surface area (Å²) in [4.78, 5) is 12.0. The van der Waals surface area contributed by atoms with E-state index in [1.165, 1.54) is 11.6 Å². The second kappa shape index (κ2) is 8.02. The summed E-state index contributed by atoms with van der Waals surface area (Å²) in [7, 11) is 0. The normalized spacial score (nSPS) is 10.6. The molecule has 2 aromatic carbocycles. The average Bonchev–Trinajstić information content (AvgIpc) is 2.55. The van der Waals surface area contributed by atoms with Crippen LogP contribution in [-0.4, -0.2) is 12.5 Å². The first-order chi connectivity index (χ1) is 11.5. The lowest BCUT2D eigenvalue weighted by Crippen LogP contribution is -2.08. The Kier molecular flexibility index (Phi) is 5.79. The minimum absolute atomic E-state index is 0.191. The first kappa shape index (κ1) is 17.3. The summed E-state index contributed by atoms with van der Waals surface area (Å²) >= 11 is 0. The van der Waals surface area contributed by atoms with Gasteiger partial charge in [0.25, 0.3) is 0 Å². The molecule has 0 bridgehead atoms. The summed E-state index contributed by atoms with van der Waals surface area (Å²) in [5, 5.41) is 2.84. The van der Waals surface area contributed by atoms with E-state index in [-0.39, 0.29) is 5.91 Å². The third-order valence-electron chi connectivity index (χ3n) is 3.59. The quantitative estimate of drug-likeness (QED) is 0.478. The van der Waals surface area contributed by atoms with Crippen LogP contribution in [0.2, 0.25) is 0 Å². The molecule has 124 valence electrons. The van der Waals surface area contributed by atoms with Crippen LogP contribution in [0.4, 0.5) is 11.4 Å². The molecule has 2 aromatic rings. The number of carbonyl (C=O) groups excluding carboxylic acids is 1. The molecular weight excluding hydrogens is 300 g/mol. The highest BCUT2D eigenvalue weighted by atomic mass is 16.5. The number of nitrogens with two attached hydrogens (primary N) is 1. The highest BCUT2D eigenvalue weighted by Crippen LogP contribution is 2.23. The predicted octanol–water partition coefficient (Wildman–Crippen LogP) is 4.10. The van der Waals surface area contributed by atoms with E-state index in [2.05, 4.69) is 11.9 Å². The standard InChI is InChI=1S/C20H22N2O2/c1-4-11-24-19-9-6-16(13-18(19)21)7-10-20(23)22-17-8-5-14(2)15(3)12-17/h4-10,12-13H,1,11,21H2,2-3H3,(H,22,23)/b10-7-. The molecule has 4 heteroatoms. The number of benzene rings is 2. The molecule has 0 saturated carbocycles. The molecule has 0 aliphatic heterocycles. The topological polar surface area (TPSA) is 64.3 Å². The first-order valence-corrected chi connectivity index (χ1v) is 7.69. The molecule has 0 radical (unpaired) electrons. The van der Waals surface area contributed by atoms with Crippen LogP contribution in [-0.2, 0) is 4.79 Å². The van der Waals surface area contributed by atoms with Crippen molar-refractivity contribution in [2.75, 3.05) is 17.7 Å². The molecule has 0 unspecified atom stereocenters. The zero-order valence-electron chi connectivity index (χ0n) is 14.0. The Balaban J connectivity index is 2.01. The summed E-state index contributed by atoms with van der Waals surface area (Å²) in [6.45, 7) is 8.04. The van der Waals surface area contributed by atoms with E-state index in [0.29, 0.717) is 18.0 Å². The number of rotatable bonds is 6. The molecule has 0 spiro atoms. The van der Waals surface area contributed by atoms with Crippen LogP contribution in [0, 0.1) is 13.8 Å². The highest BCUT2D eigenvalue weighted by Gasteiger charge is 2.02. The third-order valence-corrected chi connectivity index (χ3v) is 3.59. The van der Waals surface area contributed by atoms with Crippen molar-refractivity contribution in [2.24, 2.45) is 0 Å². The number of nitrogens with one attached hydrogen (secondary N) is 1. The van der Waals surface area contributed by atoms with Crippen molar-refractivity contribution in [2.45, 2.75) is 13.8 Å². The molecule has 0 aliphatic carbocycles. The van der Waals surface area contributed by atoms with Gasteiger partial charge in [-0.3, -0.25) is 4.79 Å². The van der Waals surface area contributed by atoms with Crippen LogP contribution in [0.3, 0.4) is 0 Å². The van der Waals surface area contributed by atoms with E-state index in [1.54, 1.807) is 24.3 Å². The Bertz CT molecular complexity index is 779. The van der Waals surface area contributed by atoms with Crippen LogP contribution in [0.1, 0.15) is 16.7 Å². The van der Waals surface area contributed by atoms with Gasteiger partial charge < -0.3 is 15.8 Å². The van der Waals surface area contributed by atoms with Crippen molar-refractivity contribution >= 4 is 23.4 Å². The Hall–Kier alpha value is -3.01. The highest BCUT2D eigenvalue weighted by molar-refractivity contribution is 6.02. The van der Waals surface area contributed by atoms with Crippen molar-refractivity contribution in [3.63, 3.8) is 0 Å². The van der Waals surface area contributed by atoms with Crippen LogP contribution in [0.15, 0.2) is 55.1 Å². The van der Waals surface area contributed by atoms with E-state index < -0.39 is 0 Å². The minimum atomic E-state index is -0.191. The lowest BCUT2D eigenvalue weighted by atomic mass is 10.1. The summed E-state index contributed by atoms with van der Waals surface area (Å²) in [6.07, 6.45) is 4.85. The number of ether oxygens (including phenoxy) is 1. The summed E-state index contributed by atoms with van der Waals surface area (Å²) in [5.74, 6) is 0.412. The van der Waals surface area contributed by atoms with Gasteiger partial charge in [0.05, 0.1) is 5.69 Å². The van der Waals surface area contributed by atoms with Gasteiger partial charge in [-0.2, -0.15) is 0 Å². The number of anilines is 2. The number of hydrogen-bond acceptors (Lipinski definition) is 3. The minimum Gasteiger partial charge on any atom is -0.487 e. The van der Waals surface area contributed by atoms with Gasteiger partial charge in [0.1, 0.15) is 12.4 Å². The summed E-state index contributed by atoms with van der Waals surface area (Å²) in [5.41, 5.74) is 10.4. The molecule has 0 aliphatic rings. The van der Waals surface area contributed by atoms with Crippen molar-refractivity contribution in [3.8, 4) is 5.75 Å². The Morgan fingerprint density at radius 3 is 2.67 bits per heavy atom. The van der Waals surface area contributed by atoms with Gasteiger partial charge in [0.2, 0.25) is 5.91 Å². The molecule has 3 N–H and O–H groups in total. The largest absolute Gasteiger partial charge is 0.487 e. The number of amides is 1. The summed E-state index contributed by atoms with van der Waals surface area (Å²) < 4.78 is 5.42. The van der Waals surface area contributed by atoms with Gasteiger partial charge >= 0.3 is 0 Å². The fourth-order valence-electron chi connectivity index (χ4n) is 2.13. The molecule has 2 rings (SSSR count). The number of hydrogen-bond donors (Lipinski definition) is 2. The molecule has 4 nitrogen and oxygen atoms in total. The Labute approximate surface area is 142 Å². The monoisotopic (exact) mass is 322 g/mol. The van der Waals surface area contributed by atoms with Crippen molar-refractivity contribution in [3.05, 3.63) is 71.8 Å². The summed E-state index contributed by atoms with van der Waals surface area (Å²) in [6, 6.07) is 11.2. The third kappa shape index (κ3) is 4.74. The lowest BCUT2D eigenvalue weighted by molar-refractivity contribution is -0.111. The molecule has 24 heavy (non-hydrogen) atoms. The molecule has 0 atom stereocenters. The van der Waals surface area contributed by atoms with Gasteiger partial charge in [-0.25, -0.2) is 0 Å². The van der Waals surface area contributed by atoms with Gasteiger partial charge in [0, 0.05) is 11.8 Å². The lowest BCUT2D eigenvalue weighted by Gasteiger charge is -2.07. The molecule has 1 amide bonds. The van der Waals surface area contributed by atoms with Crippen molar-refractivity contribution in [1.29, 1.82) is 0 Å². The first-order valence-electron chi connectivity index (χ1n) is 7.69. The molecule has 0 fully saturated rings. The van der Waals surface area contributed by atoms with E-state index in [0.717, 1.165) is 16.8 Å². The SMILES string of the molecule is C=CCOc1ccc(/C=C\C(=O)Nc2ccc(C)c(C)c2)cc1N. The molecule has 0 heterocycles. The van der Waals surface area contributed by atoms with E-state index in [1.807, 2.05) is 38.1 Å². The van der Waals surface area contributed by atoms with Crippen LogP contribution in [0.25, 0.3) is 6.08 Å². The zero-order chi connectivity index (χ0) is 17.5. The van der Waals surface area contributed by atoms with Gasteiger partial charge in [0.15, 0.2) is 0 Å². The fourth-order valence-corrected chi connectivity index (χ4v) is 2.13. The van der Waals surface area contributed by atoms with Crippen molar-refractivity contribution < 1.29 is 9.53 Å². The van der Waals surface area contributed by atoms with Crippen molar-refractivity contribution in [1.82, 2.24) is 0 Å². The Morgan fingerprint density at radius 2 is 2.00 bits per heavy atom. The van der Waals surface area contributed by atoms with E-state index in [4.69, 9.17) is 10.5 Å². The number of nitrogen functional groups attached to an aromatic ring is 1. The smallest absolute Gasteiger partial charge is 0.248 e. The predicted molar refractivity (Wildman–Crippen MR) is 100 cm³/mol. The number of aryl methyl sites for hydroxylation is 2.